The van der Waals surface area contributed by atoms with E-state index in [1.807, 2.05) is 13.8 Å². The van der Waals surface area contributed by atoms with E-state index < -0.39 is 26.0 Å². The highest BCUT2D eigenvalue weighted by Gasteiger charge is 2.20. The molecule has 0 saturated carbocycles. The minimum Gasteiger partial charge on any atom is -0.378 e. The monoisotopic (exact) mass is 528 g/mol. The third-order valence-corrected chi connectivity index (χ3v) is 10.6. The summed E-state index contributed by atoms with van der Waals surface area (Å²) in [7, 11) is -7.55. The number of benzene rings is 1. The predicted molar refractivity (Wildman–Crippen MR) is 129 cm³/mol. The summed E-state index contributed by atoms with van der Waals surface area (Å²) in [5.74, 6) is -0.327. The van der Waals surface area contributed by atoms with Crippen LogP contribution < -0.4 is 14.2 Å². The Morgan fingerprint density at radius 1 is 0.818 bits per heavy atom. The first-order valence-corrected chi connectivity index (χ1v) is 14.7. The maximum atomic E-state index is 12.4. The number of nitrogens with one attached hydrogen (secondary N) is 2. The van der Waals surface area contributed by atoms with Gasteiger partial charge < -0.3 is 9.50 Å². The largest absolute Gasteiger partial charge is 0.378 e. The number of aryl methyl sites for hydroxylation is 2. The minimum absolute atomic E-state index is 0.0352. The number of amides is 1. The molecule has 3 aromatic rings. The maximum Gasteiger partial charge on any atom is 0.348 e. The number of sulfonamides is 1. The molecule has 0 atom stereocenters. The van der Waals surface area contributed by atoms with Crippen LogP contribution in [-0.4, -0.2) is 35.8 Å². The van der Waals surface area contributed by atoms with Gasteiger partial charge in [-0.1, -0.05) is 13.8 Å². The quantitative estimate of drug-likeness (QED) is 0.291. The molecule has 33 heavy (non-hydrogen) atoms. The van der Waals surface area contributed by atoms with Gasteiger partial charge >= 0.3 is 10.1 Å². The molecule has 0 unspecified atom stereocenters. The average molecular weight is 529 g/mol. The minimum atomic E-state index is -3.94. The number of carbonyl (C=O) groups is 1. The van der Waals surface area contributed by atoms with E-state index in [2.05, 4.69) is 10.0 Å². The van der Waals surface area contributed by atoms with Gasteiger partial charge in [-0.05, 0) is 61.4 Å². The Morgan fingerprint density at radius 2 is 1.39 bits per heavy atom. The summed E-state index contributed by atoms with van der Waals surface area (Å²) < 4.78 is 57.3. The van der Waals surface area contributed by atoms with Gasteiger partial charge in [0.25, 0.3) is 5.91 Å². The molecule has 1 amide bonds. The maximum absolute atomic E-state index is 12.4. The summed E-state index contributed by atoms with van der Waals surface area (Å²) in [5.41, 5.74) is 0.290. The lowest BCUT2D eigenvalue weighted by molar-refractivity contribution is 0.0954. The van der Waals surface area contributed by atoms with E-state index in [0.29, 0.717) is 0 Å². The third kappa shape index (κ3) is 6.64. The van der Waals surface area contributed by atoms with Gasteiger partial charge in [0, 0.05) is 28.4 Å². The van der Waals surface area contributed by atoms with Crippen molar-refractivity contribution in [3.05, 3.63) is 63.8 Å². The van der Waals surface area contributed by atoms with Crippen molar-refractivity contribution in [3.8, 4) is 5.75 Å². The first kappa shape index (κ1) is 25.4. The van der Waals surface area contributed by atoms with Crippen molar-refractivity contribution in [2.75, 3.05) is 13.1 Å². The molecule has 0 aliphatic carbocycles. The van der Waals surface area contributed by atoms with Gasteiger partial charge in [0.05, 0.1) is 0 Å². The summed E-state index contributed by atoms with van der Waals surface area (Å²) in [5, 5.41) is 2.62. The van der Waals surface area contributed by atoms with Crippen LogP contribution >= 0.6 is 22.7 Å². The molecule has 178 valence electrons. The van der Waals surface area contributed by atoms with Gasteiger partial charge in [0.1, 0.15) is 9.96 Å². The van der Waals surface area contributed by atoms with E-state index in [9.17, 15) is 21.6 Å². The molecule has 0 spiro atoms. The fraction of sp³-hybridized carbons (Fsp3) is 0.286. The molecular weight excluding hydrogens is 505 g/mol. The Labute approximate surface area is 201 Å². The molecule has 2 aromatic heterocycles. The zero-order valence-electron chi connectivity index (χ0n) is 18.0. The molecule has 0 aliphatic rings. The highest BCUT2D eigenvalue weighted by atomic mass is 32.3. The third-order valence-electron chi connectivity index (χ3n) is 4.51. The Balaban J connectivity index is 1.51. The average Bonchev–Trinajstić information content (AvgIpc) is 3.47. The lowest BCUT2D eigenvalue weighted by Crippen LogP contribution is -2.34. The number of rotatable bonds is 11. The first-order chi connectivity index (χ1) is 15.6. The number of carbonyl (C=O) groups excluding carboxylic acids is 1. The van der Waals surface area contributed by atoms with Gasteiger partial charge in [0.2, 0.25) is 10.0 Å². The van der Waals surface area contributed by atoms with Gasteiger partial charge in [-0.15, -0.1) is 22.7 Å². The molecular formula is C21H24N2O6S4. The van der Waals surface area contributed by atoms with Crippen LogP contribution in [-0.2, 0) is 33.0 Å². The van der Waals surface area contributed by atoms with Crippen molar-refractivity contribution in [2.45, 2.75) is 35.1 Å². The molecule has 0 radical (unpaired) electrons. The Bertz CT molecular complexity index is 1310. The van der Waals surface area contributed by atoms with Crippen LogP contribution in [0, 0.1) is 0 Å². The van der Waals surface area contributed by atoms with Crippen molar-refractivity contribution >= 4 is 48.7 Å². The van der Waals surface area contributed by atoms with Crippen LogP contribution in [0.2, 0.25) is 0 Å². The van der Waals surface area contributed by atoms with Gasteiger partial charge in [-0.25, -0.2) is 13.1 Å². The van der Waals surface area contributed by atoms with E-state index in [1.165, 1.54) is 41.7 Å². The van der Waals surface area contributed by atoms with Gasteiger partial charge in [-0.2, -0.15) is 8.42 Å². The van der Waals surface area contributed by atoms with E-state index in [-0.39, 0.29) is 32.8 Å². The van der Waals surface area contributed by atoms with Gasteiger partial charge in [0.15, 0.2) is 4.21 Å². The van der Waals surface area contributed by atoms with Crippen LogP contribution in [0.4, 0.5) is 0 Å². The molecule has 0 bridgehead atoms. The summed E-state index contributed by atoms with van der Waals surface area (Å²) in [6.07, 6.45) is 1.50. The first-order valence-electron chi connectivity index (χ1n) is 10.1. The van der Waals surface area contributed by atoms with Crippen LogP contribution in [0.3, 0.4) is 0 Å². The fourth-order valence-electron chi connectivity index (χ4n) is 2.74. The lowest BCUT2D eigenvalue weighted by atomic mass is 10.2. The van der Waals surface area contributed by atoms with Crippen molar-refractivity contribution in [1.82, 2.24) is 10.0 Å². The molecule has 0 fully saturated rings. The zero-order chi connectivity index (χ0) is 24.1. The zero-order valence-corrected chi connectivity index (χ0v) is 21.3. The molecule has 2 N–H and O–H groups in total. The van der Waals surface area contributed by atoms with E-state index in [0.717, 1.165) is 33.9 Å². The number of hydrogen-bond acceptors (Lipinski definition) is 8. The highest BCUT2D eigenvalue weighted by molar-refractivity contribution is 7.91. The van der Waals surface area contributed by atoms with E-state index >= 15 is 0 Å². The van der Waals surface area contributed by atoms with Crippen LogP contribution in [0.25, 0.3) is 0 Å². The van der Waals surface area contributed by atoms with Crippen molar-refractivity contribution in [1.29, 1.82) is 0 Å². The second kappa shape index (κ2) is 10.8. The van der Waals surface area contributed by atoms with Crippen LogP contribution in [0.1, 0.15) is 34.0 Å². The fourth-order valence-corrected chi connectivity index (χ4v) is 7.30. The Hall–Kier alpha value is -2.25. The molecule has 3 rings (SSSR count). The number of hydrogen-bond donors (Lipinski definition) is 2. The SMILES string of the molecule is CCc1ccc(S(=O)(=O)NCCNC(=O)c2ccc(OS(=O)(=O)c3ccc(CC)s3)cc2)s1. The second-order valence-electron chi connectivity index (χ2n) is 6.86. The van der Waals surface area contributed by atoms with Crippen molar-refractivity contribution in [2.24, 2.45) is 0 Å². The smallest absolute Gasteiger partial charge is 0.348 e. The Kier molecular flexibility index (Phi) is 8.29. The molecule has 2 heterocycles. The second-order valence-corrected chi connectivity index (χ2v) is 13.0. The standard InChI is InChI=1S/C21H24N2O6S4/c1-3-17-9-11-19(30-17)32(25,26)23-14-13-22-21(24)15-5-7-16(8-6-15)29-33(27,28)20-12-10-18(4-2)31-20/h5-12,23H,3-4,13-14H2,1-2H3,(H,22,24). The molecule has 0 aliphatic heterocycles. The van der Waals surface area contributed by atoms with Crippen LogP contribution in [0.15, 0.2) is 56.9 Å². The Morgan fingerprint density at radius 3 is 1.97 bits per heavy atom. The summed E-state index contributed by atoms with van der Waals surface area (Å²) in [6, 6.07) is 12.3. The summed E-state index contributed by atoms with van der Waals surface area (Å²) in [6.45, 7) is 4.02. The summed E-state index contributed by atoms with van der Waals surface area (Å²) >= 11 is 2.37. The van der Waals surface area contributed by atoms with E-state index in [1.54, 1.807) is 18.2 Å². The topological polar surface area (TPSA) is 119 Å². The molecule has 0 saturated heterocycles. The lowest BCUT2D eigenvalue weighted by Gasteiger charge is -2.08. The highest BCUT2D eigenvalue weighted by Crippen LogP contribution is 2.26. The van der Waals surface area contributed by atoms with Crippen molar-refractivity contribution in [3.63, 3.8) is 0 Å². The van der Waals surface area contributed by atoms with Gasteiger partial charge in [-0.3, -0.25) is 4.79 Å². The van der Waals surface area contributed by atoms with Crippen LogP contribution in [0.5, 0.6) is 5.75 Å². The predicted octanol–water partition coefficient (Wildman–Crippen LogP) is 3.41. The molecule has 12 heteroatoms. The van der Waals surface area contributed by atoms with Crippen molar-refractivity contribution < 1.29 is 25.8 Å². The normalized spacial score (nSPS) is 11.9. The molecule has 1 aromatic carbocycles. The molecule has 8 nitrogen and oxygen atoms in total. The van der Waals surface area contributed by atoms with E-state index in [4.69, 9.17) is 4.18 Å². The summed E-state index contributed by atoms with van der Waals surface area (Å²) in [4.78, 5) is 14.2. The number of thiophene rings is 2.